The van der Waals surface area contributed by atoms with Gasteiger partial charge in [-0.2, -0.15) is 0 Å². The Balaban J connectivity index is 0.00000220. The van der Waals surface area contributed by atoms with Gasteiger partial charge in [0.25, 0.3) is 0 Å². The Morgan fingerprint density at radius 1 is 1.19 bits per heavy atom. The summed E-state index contributed by atoms with van der Waals surface area (Å²) < 4.78 is 27.4. The summed E-state index contributed by atoms with van der Waals surface area (Å²) in [6.07, 6.45) is 3.45. The van der Waals surface area contributed by atoms with Crippen LogP contribution in [0.3, 0.4) is 0 Å². The van der Waals surface area contributed by atoms with Gasteiger partial charge in [-0.05, 0) is 37.1 Å². The Labute approximate surface area is 130 Å². The Morgan fingerprint density at radius 2 is 1.71 bits per heavy atom. The maximum Gasteiger partial charge on any atom is 0.248 e. The second kappa shape index (κ2) is 6.74. The van der Waals surface area contributed by atoms with Crippen molar-refractivity contribution >= 4 is 28.3 Å². The highest BCUT2D eigenvalue weighted by molar-refractivity contribution is 7.89. The van der Waals surface area contributed by atoms with Crippen LogP contribution in [-0.2, 0) is 10.0 Å². The van der Waals surface area contributed by atoms with Crippen LogP contribution in [0.1, 0.15) is 36.0 Å². The van der Waals surface area contributed by atoms with Crippen LogP contribution in [0, 0.1) is 0 Å². The minimum Gasteiger partial charge on any atom is -0.366 e. The van der Waals surface area contributed by atoms with Gasteiger partial charge in [-0.25, -0.2) is 13.1 Å². The first-order valence-corrected chi connectivity index (χ1v) is 8.01. The van der Waals surface area contributed by atoms with Crippen LogP contribution in [0.15, 0.2) is 29.2 Å². The Kier molecular flexibility index (Phi) is 5.75. The molecule has 1 aromatic carbocycles. The highest BCUT2D eigenvalue weighted by Gasteiger charge is 2.36. The van der Waals surface area contributed by atoms with Crippen molar-refractivity contribution in [1.29, 1.82) is 0 Å². The average Bonchev–Trinajstić information content (AvgIpc) is 2.87. The summed E-state index contributed by atoms with van der Waals surface area (Å²) in [4.78, 5) is 11.1. The minimum atomic E-state index is -3.64. The second-order valence-electron chi connectivity index (χ2n) is 5.19. The van der Waals surface area contributed by atoms with Gasteiger partial charge in [0.15, 0.2) is 0 Å². The summed E-state index contributed by atoms with van der Waals surface area (Å²) >= 11 is 0. The van der Waals surface area contributed by atoms with Crippen molar-refractivity contribution in [3.05, 3.63) is 29.8 Å². The van der Waals surface area contributed by atoms with E-state index in [4.69, 9.17) is 11.5 Å². The van der Waals surface area contributed by atoms with Crippen LogP contribution in [0.25, 0.3) is 0 Å². The molecule has 0 radical (unpaired) electrons. The predicted octanol–water partition coefficient (Wildman–Crippen LogP) is 0.757. The lowest BCUT2D eigenvalue weighted by Gasteiger charge is -2.28. The molecule has 1 amide bonds. The number of carbonyl (C=O) groups is 1. The van der Waals surface area contributed by atoms with Crippen molar-refractivity contribution in [2.24, 2.45) is 11.5 Å². The number of amides is 1. The van der Waals surface area contributed by atoms with E-state index >= 15 is 0 Å². The molecule has 1 saturated carbocycles. The van der Waals surface area contributed by atoms with E-state index < -0.39 is 21.5 Å². The molecular formula is C13H20ClN3O3S. The van der Waals surface area contributed by atoms with E-state index in [1.165, 1.54) is 24.3 Å². The SMILES string of the molecule is Cl.NCC1(NS(=O)(=O)c2ccc(C(N)=O)cc2)CCCC1. The molecule has 1 aliphatic rings. The second-order valence-corrected chi connectivity index (χ2v) is 6.87. The third-order valence-electron chi connectivity index (χ3n) is 3.75. The third kappa shape index (κ3) is 3.94. The predicted molar refractivity (Wildman–Crippen MR) is 82.8 cm³/mol. The maximum atomic E-state index is 12.4. The Morgan fingerprint density at radius 3 is 2.14 bits per heavy atom. The molecule has 0 bridgehead atoms. The zero-order chi connectivity index (χ0) is 14.8. The van der Waals surface area contributed by atoms with Crippen LogP contribution in [0.2, 0.25) is 0 Å². The van der Waals surface area contributed by atoms with Gasteiger partial charge in [0.2, 0.25) is 15.9 Å². The first kappa shape index (κ1) is 17.9. The summed E-state index contributed by atoms with van der Waals surface area (Å²) in [5.74, 6) is -0.587. The van der Waals surface area contributed by atoms with Gasteiger partial charge in [0.05, 0.1) is 4.90 Å². The molecular weight excluding hydrogens is 314 g/mol. The van der Waals surface area contributed by atoms with E-state index in [9.17, 15) is 13.2 Å². The molecule has 1 aliphatic carbocycles. The first-order valence-electron chi connectivity index (χ1n) is 6.52. The number of hydrogen-bond acceptors (Lipinski definition) is 4. The average molecular weight is 334 g/mol. The van der Waals surface area contributed by atoms with Gasteiger partial charge in [0.1, 0.15) is 0 Å². The number of rotatable bonds is 5. The molecule has 8 heteroatoms. The molecule has 2 rings (SSSR count). The Bertz CT molecular complexity index is 596. The monoisotopic (exact) mass is 333 g/mol. The Hall–Kier alpha value is -1.15. The molecule has 1 aromatic rings. The zero-order valence-corrected chi connectivity index (χ0v) is 13.2. The first-order chi connectivity index (χ1) is 9.38. The number of nitrogens with two attached hydrogens (primary N) is 2. The number of halogens is 1. The van der Waals surface area contributed by atoms with E-state index in [-0.39, 0.29) is 29.4 Å². The number of benzene rings is 1. The van der Waals surface area contributed by atoms with Gasteiger partial charge in [-0.3, -0.25) is 4.79 Å². The minimum absolute atomic E-state index is 0. The molecule has 0 saturated heterocycles. The van der Waals surface area contributed by atoms with Gasteiger partial charge < -0.3 is 11.5 Å². The molecule has 0 aliphatic heterocycles. The van der Waals surface area contributed by atoms with E-state index in [0.29, 0.717) is 0 Å². The van der Waals surface area contributed by atoms with Crippen LogP contribution in [-0.4, -0.2) is 26.4 Å². The molecule has 0 aromatic heterocycles. The van der Waals surface area contributed by atoms with Crippen LogP contribution >= 0.6 is 12.4 Å². The van der Waals surface area contributed by atoms with E-state index in [2.05, 4.69) is 4.72 Å². The largest absolute Gasteiger partial charge is 0.366 e. The van der Waals surface area contributed by atoms with Crippen molar-refractivity contribution < 1.29 is 13.2 Å². The molecule has 0 spiro atoms. The van der Waals surface area contributed by atoms with E-state index in [0.717, 1.165) is 25.7 Å². The molecule has 0 heterocycles. The fraction of sp³-hybridized carbons (Fsp3) is 0.462. The highest BCUT2D eigenvalue weighted by Crippen LogP contribution is 2.30. The van der Waals surface area contributed by atoms with Crippen LogP contribution < -0.4 is 16.2 Å². The van der Waals surface area contributed by atoms with Crippen molar-refractivity contribution in [1.82, 2.24) is 4.72 Å². The lowest BCUT2D eigenvalue weighted by atomic mass is 10.0. The molecule has 6 nitrogen and oxygen atoms in total. The van der Waals surface area contributed by atoms with Gasteiger partial charge in [-0.15, -0.1) is 12.4 Å². The van der Waals surface area contributed by atoms with Crippen molar-refractivity contribution in [2.75, 3.05) is 6.54 Å². The number of hydrogen-bond donors (Lipinski definition) is 3. The van der Waals surface area contributed by atoms with Gasteiger partial charge in [0, 0.05) is 17.6 Å². The number of nitrogens with one attached hydrogen (secondary N) is 1. The summed E-state index contributed by atoms with van der Waals surface area (Å²) in [6, 6.07) is 5.56. The lowest BCUT2D eigenvalue weighted by molar-refractivity contribution is 0.1000. The van der Waals surface area contributed by atoms with Crippen molar-refractivity contribution in [3.8, 4) is 0 Å². The zero-order valence-electron chi connectivity index (χ0n) is 11.5. The molecule has 1 fully saturated rings. The normalized spacial score (nSPS) is 17.2. The molecule has 0 atom stereocenters. The summed E-state index contributed by atoms with van der Waals surface area (Å²) in [5.41, 5.74) is 10.6. The number of primary amides is 1. The third-order valence-corrected chi connectivity index (χ3v) is 5.35. The van der Waals surface area contributed by atoms with Gasteiger partial charge in [-0.1, -0.05) is 12.8 Å². The lowest BCUT2D eigenvalue weighted by Crippen LogP contribution is -2.51. The van der Waals surface area contributed by atoms with Crippen LogP contribution in [0.5, 0.6) is 0 Å². The smallest absolute Gasteiger partial charge is 0.248 e. The molecule has 0 unspecified atom stereocenters. The highest BCUT2D eigenvalue weighted by atomic mass is 35.5. The topological polar surface area (TPSA) is 115 Å². The van der Waals surface area contributed by atoms with Crippen molar-refractivity contribution in [2.45, 2.75) is 36.1 Å². The summed E-state index contributed by atoms with van der Waals surface area (Å²) in [5, 5.41) is 0. The van der Waals surface area contributed by atoms with Gasteiger partial charge >= 0.3 is 0 Å². The maximum absolute atomic E-state index is 12.4. The van der Waals surface area contributed by atoms with E-state index in [1.807, 2.05) is 0 Å². The number of sulfonamides is 1. The fourth-order valence-corrected chi connectivity index (χ4v) is 4.01. The molecule has 5 N–H and O–H groups in total. The summed E-state index contributed by atoms with van der Waals surface area (Å²) in [6.45, 7) is 0.283. The van der Waals surface area contributed by atoms with E-state index in [1.54, 1.807) is 0 Å². The molecule has 21 heavy (non-hydrogen) atoms. The quantitative estimate of drug-likeness (QED) is 0.737. The van der Waals surface area contributed by atoms with Crippen molar-refractivity contribution in [3.63, 3.8) is 0 Å². The fourth-order valence-electron chi connectivity index (χ4n) is 2.54. The summed E-state index contributed by atoms with van der Waals surface area (Å²) in [7, 11) is -3.64. The standard InChI is InChI=1S/C13H19N3O3S.ClH/c14-9-13(7-1-2-8-13)16-20(18,19)11-5-3-10(4-6-11)12(15)17;/h3-6,16H,1-2,7-9,14H2,(H2,15,17);1H. The molecule has 118 valence electrons. The van der Waals surface area contributed by atoms with Crippen LogP contribution in [0.4, 0.5) is 0 Å². The number of carbonyl (C=O) groups excluding carboxylic acids is 1.